The lowest BCUT2D eigenvalue weighted by Crippen LogP contribution is -2.51. The van der Waals surface area contributed by atoms with Crippen molar-refractivity contribution in [2.45, 2.75) is 50.4 Å². The first-order valence-electron chi connectivity index (χ1n) is 8.78. The predicted molar refractivity (Wildman–Crippen MR) is 88.6 cm³/mol. The molecule has 2 heterocycles. The molecule has 3 rings (SSSR count). The second-order valence-corrected chi connectivity index (χ2v) is 6.58. The molecular weight excluding hydrogens is 324 g/mol. The molecule has 0 bridgehead atoms. The van der Waals surface area contributed by atoms with Crippen molar-refractivity contribution in [3.05, 3.63) is 24.3 Å². The molecule has 1 saturated heterocycles. The topological polar surface area (TPSA) is 113 Å². The molecule has 2 fully saturated rings. The zero-order valence-electron chi connectivity index (χ0n) is 14.1. The molecule has 0 unspecified atom stereocenters. The van der Waals surface area contributed by atoms with Crippen molar-refractivity contribution in [1.29, 1.82) is 0 Å². The van der Waals surface area contributed by atoms with Crippen molar-refractivity contribution < 1.29 is 19.4 Å². The normalized spacial score (nSPS) is 26.0. The van der Waals surface area contributed by atoms with Crippen LogP contribution < -0.4 is 10.6 Å². The van der Waals surface area contributed by atoms with E-state index >= 15 is 0 Å². The van der Waals surface area contributed by atoms with Gasteiger partial charge in [0.05, 0.1) is 24.9 Å². The highest BCUT2D eigenvalue weighted by Gasteiger charge is 2.36. The second-order valence-electron chi connectivity index (χ2n) is 6.58. The second kappa shape index (κ2) is 8.35. The first-order valence-corrected chi connectivity index (χ1v) is 8.78. The van der Waals surface area contributed by atoms with Crippen LogP contribution >= 0.6 is 0 Å². The van der Waals surface area contributed by atoms with Gasteiger partial charge in [0, 0.05) is 24.9 Å². The van der Waals surface area contributed by atoms with Crippen molar-refractivity contribution in [1.82, 2.24) is 20.6 Å². The van der Waals surface area contributed by atoms with Gasteiger partial charge in [-0.05, 0) is 32.1 Å². The highest BCUT2D eigenvalue weighted by Crippen LogP contribution is 2.30. The average molecular weight is 348 g/mol. The van der Waals surface area contributed by atoms with Crippen molar-refractivity contribution in [3.63, 3.8) is 0 Å². The largest absolute Gasteiger partial charge is 0.394 e. The molecule has 3 N–H and O–H groups in total. The molecule has 2 aliphatic rings. The van der Waals surface area contributed by atoms with E-state index in [1.807, 2.05) is 0 Å². The molecular formula is C17H24N4O4. The number of hydrogen-bond acceptors (Lipinski definition) is 6. The third kappa shape index (κ3) is 4.96. The first-order chi connectivity index (χ1) is 12.2. The molecule has 25 heavy (non-hydrogen) atoms. The van der Waals surface area contributed by atoms with Gasteiger partial charge < -0.3 is 20.5 Å². The summed E-state index contributed by atoms with van der Waals surface area (Å²) in [5.74, 6) is -0.0488. The molecule has 136 valence electrons. The van der Waals surface area contributed by atoms with Crippen LogP contribution in [0.1, 0.15) is 42.6 Å². The van der Waals surface area contributed by atoms with E-state index in [2.05, 4.69) is 20.6 Å². The van der Waals surface area contributed by atoms with Gasteiger partial charge in [0.1, 0.15) is 11.8 Å². The molecule has 1 saturated carbocycles. The number of carbonyl (C=O) groups excluding carboxylic acids is 2. The lowest BCUT2D eigenvalue weighted by Gasteiger charge is -2.36. The smallest absolute Gasteiger partial charge is 0.271 e. The third-order valence-corrected chi connectivity index (χ3v) is 4.62. The highest BCUT2D eigenvalue weighted by molar-refractivity contribution is 5.91. The fourth-order valence-electron chi connectivity index (χ4n) is 3.01. The predicted octanol–water partition coefficient (Wildman–Crippen LogP) is 0.0312. The van der Waals surface area contributed by atoms with Crippen LogP contribution in [0.25, 0.3) is 0 Å². The molecule has 8 nitrogen and oxygen atoms in total. The van der Waals surface area contributed by atoms with Gasteiger partial charge in [-0.3, -0.25) is 14.6 Å². The lowest BCUT2D eigenvalue weighted by molar-refractivity contribution is -0.129. The molecule has 0 aromatic carbocycles. The van der Waals surface area contributed by atoms with E-state index in [1.54, 1.807) is 0 Å². The van der Waals surface area contributed by atoms with Crippen molar-refractivity contribution in [3.8, 4) is 0 Å². The van der Waals surface area contributed by atoms with E-state index in [0.717, 1.165) is 25.7 Å². The third-order valence-electron chi connectivity index (χ3n) is 4.62. The van der Waals surface area contributed by atoms with E-state index in [-0.39, 0.29) is 42.2 Å². The van der Waals surface area contributed by atoms with E-state index in [1.165, 1.54) is 18.6 Å². The number of nitrogens with one attached hydrogen (secondary N) is 2. The van der Waals surface area contributed by atoms with E-state index in [9.17, 15) is 14.7 Å². The Hall–Kier alpha value is -2.06. The molecule has 8 heteroatoms. The maximum Gasteiger partial charge on any atom is 0.271 e. The van der Waals surface area contributed by atoms with Crippen LogP contribution in [0.3, 0.4) is 0 Å². The molecule has 3 atom stereocenters. The van der Waals surface area contributed by atoms with Crippen LogP contribution in [0.4, 0.5) is 0 Å². The van der Waals surface area contributed by atoms with Gasteiger partial charge >= 0.3 is 0 Å². The first kappa shape index (κ1) is 17.8. The van der Waals surface area contributed by atoms with Crippen LogP contribution in [-0.2, 0) is 9.53 Å². The number of aromatic nitrogens is 2. The van der Waals surface area contributed by atoms with Gasteiger partial charge in [0.25, 0.3) is 5.91 Å². The Morgan fingerprint density at radius 2 is 2.08 bits per heavy atom. The maximum atomic E-state index is 11.9. The van der Waals surface area contributed by atoms with E-state index in [0.29, 0.717) is 13.0 Å². The molecule has 1 aromatic heterocycles. The summed E-state index contributed by atoms with van der Waals surface area (Å²) in [4.78, 5) is 31.6. The maximum absolute atomic E-state index is 11.9. The fraction of sp³-hybridized carbons (Fsp3) is 0.647. The van der Waals surface area contributed by atoms with E-state index < -0.39 is 6.10 Å². The summed E-state index contributed by atoms with van der Waals surface area (Å²) in [6, 6.07) is -0.136. The average Bonchev–Trinajstić information content (AvgIpc) is 3.48. The zero-order chi connectivity index (χ0) is 17.6. The van der Waals surface area contributed by atoms with Crippen molar-refractivity contribution in [2.75, 3.05) is 13.2 Å². The number of aliphatic hydroxyl groups excluding tert-OH is 1. The monoisotopic (exact) mass is 348 g/mol. The highest BCUT2D eigenvalue weighted by atomic mass is 16.5. The number of ether oxygens (including phenoxy) is 1. The Morgan fingerprint density at radius 3 is 2.76 bits per heavy atom. The molecule has 0 radical (unpaired) electrons. The van der Waals surface area contributed by atoms with Gasteiger partial charge in [-0.2, -0.15) is 0 Å². The number of amides is 2. The summed E-state index contributed by atoms with van der Waals surface area (Å²) in [5.41, 5.74) is 0.281. The summed E-state index contributed by atoms with van der Waals surface area (Å²) < 4.78 is 5.89. The summed E-state index contributed by atoms with van der Waals surface area (Å²) in [6.07, 6.45) is 8.08. The standard InChI is InChI=1S/C17H24N4O4/c22-10-15-13(21-16(23)11-1-2-11)4-3-12(25-15)5-6-20-17(24)14-9-18-7-8-19-14/h7-9,11-13,15,22H,1-6,10H2,(H,20,24)(H,21,23)/t12-,13+,15-/m0/s1. The lowest BCUT2D eigenvalue weighted by atomic mass is 9.97. The molecule has 1 aliphatic heterocycles. The number of aliphatic hydroxyl groups is 1. The summed E-state index contributed by atoms with van der Waals surface area (Å²) in [7, 11) is 0. The van der Waals surface area contributed by atoms with Crippen LogP contribution in [0.2, 0.25) is 0 Å². The van der Waals surface area contributed by atoms with Crippen LogP contribution in [-0.4, -0.2) is 58.3 Å². The molecule has 0 spiro atoms. The number of carbonyl (C=O) groups is 2. The Labute approximate surface area is 146 Å². The minimum absolute atomic E-state index is 0.0478. The van der Waals surface area contributed by atoms with Gasteiger partial charge in [-0.1, -0.05) is 0 Å². The van der Waals surface area contributed by atoms with Crippen LogP contribution in [0.5, 0.6) is 0 Å². The minimum atomic E-state index is -0.392. The van der Waals surface area contributed by atoms with Gasteiger partial charge in [-0.15, -0.1) is 0 Å². The van der Waals surface area contributed by atoms with Crippen molar-refractivity contribution >= 4 is 11.8 Å². The molecule has 2 amide bonds. The molecule has 1 aliphatic carbocycles. The number of nitrogens with zero attached hydrogens (tertiary/aromatic N) is 2. The summed E-state index contributed by atoms with van der Waals surface area (Å²) in [6.45, 7) is 0.329. The Balaban J connectivity index is 1.40. The van der Waals surface area contributed by atoms with Gasteiger partial charge in [-0.25, -0.2) is 4.98 Å². The fourth-order valence-corrected chi connectivity index (χ4v) is 3.01. The Kier molecular flexibility index (Phi) is 5.93. The number of hydrogen-bond donors (Lipinski definition) is 3. The number of rotatable bonds is 7. The molecule has 1 aromatic rings. The zero-order valence-corrected chi connectivity index (χ0v) is 14.1. The Morgan fingerprint density at radius 1 is 1.24 bits per heavy atom. The Bertz CT molecular complexity index is 594. The summed E-state index contributed by atoms with van der Waals surface area (Å²) in [5, 5.41) is 15.3. The van der Waals surface area contributed by atoms with Crippen molar-refractivity contribution in [2.24, 2.45) is 5.92 Å². The quantitative estimate of drug-likeness (QED) is 0.641. The van der Waals surface area contributed by atoms with E-state index in [4.69, 9.17) is 4.74 Å². The van der Waals surface area contributed by atoms with Crippen LogP contribution in [0, 0.1) is 5.92 Å². The SMILES string of the molecule is O=C(NCC[C@@H]1CC[C@@H](NC(=O)C2CC2)[C@H](CO)O1)c1cnccn1. The minimum Gasteiger partial charge on any atom is -0.394 e. The van der Waals surface area contributed by atoms with Gasteiger partial charge in [0.15, 0.2) is 0 Å². The summed E-state index contributed by atoms with van der Waals surface area (Å²) >= 11 is 0. The van der Waals surface area contributed by atoms with Crippen LogP contribution in [0.15, 0.2) is 18.6 Å². The van der Waals surface area contributed by atoms with Gasteiger partial charge in [0.2, 0.25) is 5.91 Å².